The summed E-state index contributed by atoms with van der Waals surface area (Å²) >= 11 is 0. The van der Waals surface area contributed by atoms with E-state index >= 15 is 0 Å². The Morgan fingerprint density at radius 2 is 1.96 bits per heavy atom. The summed E-state index contributed by atoms with van der Waals surface area (Å²) in [6, 6.07) is 7.95. The quantitative estimate of drug-likeness (QED) is 0.632. The Hall–Kier alpha value is -2.54. The zero-order valence-electron chi connectivity index (χ0n) is 15.1. The highest BCUT2D eigenvalue weighted by Crippen LogP contribution is 2.38. The third-order valence-corrected chi connectivity index (χ3v) is 4.16. The fourth-order valence-corrected chi connectivity index (χ4v) is 2.78. The molecule has 0 spiro atoms. The maximum atomic E-state index is 5.87. The molecule has 1 unspecified atom stereocenters. The van der Waals surface area contributed by atoms with Crippen LogP contribution in [-0.4, -0.2) is 48.9 Å². The first-order chi connectivity index (χ1) is 12.9. The van der Waals surface area contributed by atoms with Gasteiger partial charge in [0.1, 0.15) is 19.8 Å². The minimum Gasteiger partial charge on any atom is -0.488 e. The third-order valence-electron chi connectivity index (χ3n) is 4.16. The molecule has 0 amide bonds. The van der Waals surface area contributed by atoms with E-state index in [0.29, 0.717) is 37.6 Å². The number of rotatable bonds is 10. The van der Waals surface area contributed by atoms with Crippen LogP contribution in [0.2, 0.25) is 0 Å². The van der Waals surface area contributed by atoms with Crippen molar-refractivity contribution < 1.29 is 14.2 Å². The van der Waals surface area contributed by atoms with E-state index in [1.807, 2.05) is 24.3 Å². The minimum atomic E-state index is 0.416. The average Bonchev–Trinajstić information content (AvgIpc) is 2.70. The molecule has 2 aromatic rings. The van der Waals surface area contributed by atoms with E-state index in [-0.39, 0.29) is 0 Å². The molecule has 0 aliphatic carbocycles. The van der Waals surface area contributed by atoms with Gasteiger partial charge in [-0.05, 0) is 31.0 Å². The molecule has 26 heavy (non-hydrogen) atoms. The highest BCUT2D eigenvalue weighted by molar-refractivity contribution is 5.51. The lowest BCUT2D eigenvalue weighted by atomic mass is 10.1. The van der Waals surface area contributed by atoms with Gasteiger partial charge in [0, 0.05) is 31.5 Å². The summed E-state index contributed by atoms with van der Waals surface area (Å²) in [6.45, 7) is 5.49. The molecule has 1 aliphatic rings. The number of anilines is 1. The van der Waals surface area contributed by atoms with Gasteiger partial charge in [-0.25, -0.2) is 9.97 Å². The number of ether oxygens (including phenoxy) is 3. The van der Waals surface area contributed by atoms with Crippen LogP contribution in [0.15, 0.2) is 36.7 Å². The Kier molecular flexibility index (Phi) is 6.89. The van der Waals surface area contributed by atoms with Crippen LogP contribution in [0.1, 0.15) is 19.8 Å². The van der Waals surface area contributed by atoms with Crippen molar-refractivity contribution in [3.05, 3.63) is 36.7 Å². The van der Waals surface area contributed by atoms with E-state index in [1.165, 1.54) is 0 Å². The summed E-state index contributed by atoms with van der Waals surface area (Å²) in [5, 5.41) is 6.76. The van der Waals surface area contributed by atoms with Gasteiger partial charge >= 0.3 is 0 Å². The van der Waals surface area contributed by atoms with Crippen LogP contribution in [0.25, 0.3) is 0 Å². The van der Waals surface area contributed by atoms with Crippen LogP contribution in [-0.2, 0) is 0 Å². The molecule has 0 radical (unpaired) electrons. The van der Waals surface area contributed by atoms with Crippen molar-refractivity contribution in [2.45, 2.75) is 25.8 Å². The summed E-state index contributed by atoms with van der Waals surface area (Å²) in [4.78, 5) is 8.32. The number of hydrogen-bond acceptors (Lipinski definition) is 7. The lowest BCUT2D eigenvalue weighted by Crippen LogP contribution is -2.33. The van der Waals surface area contributed by atoms with Crippen LogP contribution in [0.5, 0.6) is 17.2 Å². The van der Waals surface area contributed by atoms with Crippen molar-refractivity contribution in [1.82, 2.24) is 15.3 Å². The van der Waals surface area contributed by atoms with Crippen molar-refractivity contribution in [2.75, 3.05) is 38.2 Å². The third kappa shape index (κ3) is 5.23. The zero-order chi connectivity index (χ0) is 18.0. The fourth-order valence-electron chi connectivity index (χ4n) is 2.78. The summed E-state index contributed by atoms with van der Waals surface area (Å²) in [5.41, 5.74) is 0. The summed E-state index contributed by atoms with van der Waals surface area (Å²) in [5.74, 6) is 2.86. The highest BCUT2D eigenvalue weighted by atomic mass is 16.6. The second-order valence-corrected chi connectivity index (χ2v) is 5.98. The number of aromatic nitrogens is 2. The number of fused-ring (bicyclic) bond motifs is 1. The number of hydrogen-bond donors (Lipinski definition) is 2. The smallest absolute Gasteiger partial charge is 0.222 e. The molecule has 2 N–H and O–H groups in total. The first kappa shape index (κ1) is 18.3. The molecule has 3 rings (SSSR count). The lowest BCUT2D eigenvalue weighted by Gasteiger charge is -2.21. The van der Waals surface area contributed by atoms with Gasteiger partial charge in [0.15, 0.2) is 11.5 Å². The van der Waals surface area contributed by atoms with Crippen molar-refractivity contribution >= 4 is 5.95 Å². The van der Waals surface area contributed by atoms with Crippen LogP contribution >= 0.6 is 0 Å². The maximum Gasteiger partial charge on any atom is 0.222 e. The second kappa shape index (κ2) is 9.82. The van der Waals surface area contributed by atoms with Crippen LogP contribution in [0, 0.1) is 0 Å². The Balaban J connectivity index is 1.37. The van der Waals surface area contributed by atoms with E-state index in [2.05, 4.69) is 27.5 Å². The van der Waals surface area contributed by atoms with Crippen LogP contribution in [0.4, 0.5) is 5.95 Å². The van der Waals surface area contributed by atoms with Crippen molar-refractivity contribution in [3.8, 4) is 17.2 Å². The Labute approximate surface area is 154 Å². The van der Waals surface area contributed by atoms with Crippen LogP contribution < -0.4 is 24.8 Å². The van der Waals surface area contributed by atoms with Gasteiger partial charge in [-0.15, -0.1) is 0 Å². The van der Waals surface area contributed by atoms with Gasteiger partial charge in [0.05, 0.1) is 0 Å². The lowest BCUT2D eigenvalue weighted by molar-refractivity contribution is 0.161. The molecule has 1 aromatic carbocycles. The van der Waals surface area contributed by atoms with E-state index in [9.17, 15) is 0 Å². The van der Waals surface area contributed by atoms with Gasteiger partial charge < -0.3 is 24.8 Å². The molecule has 0 saturated heterocycles. The SMILES string of the molecule is CCC(CCNc1ncccn1)NCCOc1cccc2c1OCCO2. The van der Waals surface area contributed by atoms with E-state index in [1.54, 1.807) is 12.4 Å². The maximum absolute atomic E-state index is 5.87. The minimum absolute atomic E-state index is 0.416. The molecule has 0 fully saturated rings. The standard InChI is InChI=1S/C19H26N4O3/c1-2-15(7-10-23-19-21-8-4-9-22-19)20-11-12-24-16-5-3-6-17-18(16)26-14-13-25-17/h3-6,8-9,15,20H,2,7,10-14H2,1H3,(H,21,22,23). The Morgan fingerprint density at radius 1 is 1.12 bits per heavy atom. The van der Waals surface area contributed by atoms with Crippen molar-refractivity contribution in [1.29, 1.82) is 0 Å². The predicted octanol–water partition coefficient (Wildman–Crippen LogP) is 2.50. The summed E-state index contributed by atoms with van der Waals surface area (Å²) < 4.78 is 17.1. The molecule has 7 heteroatoms. The molecule has 140 valence electrons. The summed E-state index contributed by atoms with van der Waals surface area (Å²) in [6.07, 6.45) is 5.51. The van der Waals surface area contributed by atoms with Crippen molar-refractivity contribution in [2.24, 2.45) is 0 Å². The molecule has 7 nitrogen and oxygen atoms in total. The highest BCUT2D eigenvalue weighted by Gasteiger charge is 2.16. The molecule has 0 saturated carbocycles. The molecule has 1 aliphatic heterocycles. The number of benzene rings is 1. The van der Waals surface area contributed by atoms with Gasteiger partial charge in [-0.1, -0.05) is 13.0 Å². The molecule has 0 bridgehead atoms. The molecule has 1 atom stereocenters. The normalized spacial score (nSPS) is 13.9. The fraction of sp³-hybridized carbons (Fsp3) is 0.474. The number of nitrogens with zero attached hydrogens (tertiary/aromatic N) is 2. The van der Waals surface area contributed by atoms with Gasteiger partial charge in [-0.3, -0.25) is 0 Å². The zero-order valence-corrected chi connectivity index (χ0v) is 15.1. The first-order valence-electron chi connectivity index (χ1n) is 9.12. The molecular formula is C19H26N4O3. The number of para-hydroxylation sites is 1. The van der Waals surface area contributed by atoms with E-state index in [0.717, 1.165) is 37.4 Å². The molecule has 2 heterocycles. The van der Waals surface area contributed by atoms with Gasteiger partial charge in [-0.2, -0.15) is 0 Å². The summed E-state index contributed by atoms with van der Waals surface area (Å²) in [7, 11) is 0. The second-order valence-electron chi connectivity index (χ2n) is 5.98. The molecular weight excluding hydrogens is 332 g/mol. The van der Waals surface area contributed by atoms with Gasteiger partial charge in [0.25, 0.3) is 0 Å². The van der Waals surface area contributed by atoms with Crippen molar-refractivity contribution in [3.63, 3.8) is 0 Å². The van der Waals surface area contributed by atoms with E-state index < -0.39 is 0 Å². The Bertz CT molecular complexity index is 669. The topological polar surface area (TPSA) is 77.5 Å². The molecule has 1 aromatic heterocycles. The Morgan fingerprint density at radius 3 is 2.81 bits per heavy atom. The first-order valence-corrected chi connectivity index (χ1v) is 9.12. The largest absolute Gasteiger partial charge is 0.488 e. The predicted molar refractivity (Wildman–Crippen MR) is 100 cm³/mol. The monoisotopic (exact) mass is 358 g/mol. The van der Waals surface area contributed by atoms with E-state index in [4.69, 9.17) is 14.2 Å². The van der Waals surface area contributed by atoms with Gasteiger partial charge in [0.2, 0.25) is 11.7 Å². The number of nitrogens with one attached hydrogen (secondary N) is 2. The van der Waals surface area contributed by atoms with Crippen LogP contribution in [0.3, 0.4) is 0 Å². The average molecular weight is 358 g/mol.